The summed E-state index contributed by atoms with van der Waals surface area (Å²) in [6.07, 6.45) is 1.02. The highest BCUT2D eigenvalue weighted by atomic mass is 79.9. The van der Waals surface area contributed by atoms with Crippen LogP contribution in [0.25, 0.3) is 0 Å². The molecule has 74 valence electrons. The summed E-state index contributed by atoms with van der Waals surface area (Å²) in [5.74, 6) is 1.05. The van der Waals surface area contributed by atoms with Crippen molar-refractivity contribution in [1.29, 1.82) is 0 Å². The standard InChI is InChI=1S/C12H13BrO/c1-7-3-4-9(12(13)5-7)11-6-10(11)8(2)14/h3-5,10-11H,6H2,1-2H3. The number of benzene rings is 1. The number of rotatable bonds is 2. The van der Waals surface area contributed by atoms with Crippen molar-refractivity contribution < 1.29 is 4.79 Å². The summed E-state index contributed by atoms with van der Waals surface area (Å²) in [5, 5.41) is 0. The van der Waals surface area contributed by atoms with Crippen LogP contribution >= 0.6 is 15.9 Å². The van der Waals surface area contributed by atoms with E-state index in [9.17, 15) is 4.79 Å². The molecule has 0 bridgehead atoms. The molecule has 1 fully saturated rings. The van der Waals surface area contributed by atoms with Crippen molar-refractivity contribution in [2.45, 2.75) is 26.2 Å². The van der Waals surface area contributed by atoms with Crippen molar-refractivity contribution in [1.82, 2.24) is 0 Å². The van der Waals surface area contributed by atoms with Gasteiger partial charge >= 0.3 is 0 Å². The summed E-state index contributed by atoms with van der Waals surface area (Å²) in [6, 6.07) is 6.35. The van der Waals surface area contributed by atoms with E-state index in [2.05, 4.69) is 41.1 Å². The van der Waals surface area contributed by atoms with E-state index in [0.717, 1.165) is 10.9 Å². The zero-order valence-electron chi connectivity index (χ0n) is 8.38. The molecule has 0 spiro atoms. The van der Waals surface area contributed by atoms with Crippen LogP contribution in [0.3, 0.4) is 0 Å². The molecule has 0 aliphatic heterocycles. The minimum absolute atomic E-state index is 0.272. The number of ketones is 1. The Morgan fingerprint density at radius 2 is 2.21 bits per heavy atom. The second-order valence-electron chi connectivity index (χ2n) is 4.08. The molecular weight excluding hydrogens is 240 g/mol. The molecule has 0 amide bonds. The fraction of sp³-hybridized carbons (Fsp3) is 0.417. The lowest BCUT2D eigenvalue weighted by Crippen LogP contribution is -1.95. The molecule has 0 heterocycles. The number of hydrogen-bond donors (Lipinski definition) is 0. The Balaban J connectivity index is 2.23. The van der Waals surface area contributed by atoms with Crippen molar-refractivity contribution in [3.05, 3.63) is 33.8 Å². The molecule has 2 unspecified atom stereocenters. The number of Topliss-reactive ketones (excluding diaryl/α,β-unsaturated/α-hetero) is 1. The predicted octanol–water partition coefficient (Wildman–Crippen LogP) is 3.45. The average molecular weight is 253 g/mol. The lowest BCUT2D eigenvalue weighted by Gasteiger charge is -2.03. The van der Waals surface area contributed by atoms with Crippen molar-refractivity contribution >= 4 is 21.7 Å². The van der Waals surface area contributed by atoms with E-state index in [0.29, 0.717) is 11.7 Å². The van der Waals surface area contributed by atoms with Gasteiger partial charge in [-0.1, -0.05) is 28.1 Å². The molecule has 1 aliphatic rings. The molecule has 0 N–H and O–H groups in total. The van der Waals surface area contributed by atoms with Gasteiger partial charge < -0.3 is 0 Å². The van der Waals surface area contributed by atoms with Crippen molar-refractivity contribution in [3.8, 4) is 0 Å². The van der Waals surface area contributed by atoms with Crippen LogP contribution in [0, 0.1) is 12.8 Å². The van der Waals surface area contributed by atoms with E-state index in [1.807, 2.05) is 0 Å². The molecule has 2 rings (SSSR count). The van der Waals surface area contributed by atoms with Crippen LogP contribution in [-0.4, -0.2) is 5.78 Å². The van der Waals surface area contributed by atoms with Crippen LogP contribution in [-0.2, 0) is 4.79 Å². The zero-order chi connectivity index (χ0) is 10.3. The monoisotopic (exact) mass is 252 g/mol. The van der Waals surface area contributed by atoms with Gasteiger partial charge in [-0.05, 0) is 43.4 Å². The van der Waals surface area contributed by atoms with Crippen LogP contribution in [0.4, 0.5) is 0 Å². The third-order valence-electron chi connectivity index (χ3n) is 2.87. The summed E-state index contributed by atoms with van der Waals surface area (Å²) < 4.78 is 1.14. The first kappa shape index (κ1) is 9.91. The number of hydrogen-bond acceptors (Lipinski definition) is 1. The van der Waals surface area contributed by atoms with E-state index >= 15 is 0 Å². The maximum atomic E-state index is 11.2. The summed E-state index contributed by atoms with van der Waals surface area (Å²) in [4.78, 5) is 11.2. The lowest BCUT2D eigenvalue weighted by atomic mass is 10.1. The Labute approximate surface area is 92.6 Å². The highest BCUT2D eigenvalue weighted by Crippen LogP contribution is 2.50. The minimum Gasteiger partial charge on any atom is -0.300 e. The SMILES string of the molecule is CC(=O)C1CC1c1ccc(C)cc1Br. The van der Waals surface area contributed by atoms with E-state index in [1.165, 1.54) is 11.1 Å². The molecule has 1 aromatic carbocycles. The Kier molecular flexibility index (Phi) is 2.48. The van der Waals surface area contributed by atoms with Gasteiger partial charge in [-0.3, -0.25) is 4.79 Å². The molecule has 1 aromatic rings. The van der Waals surface area contributed by atoms with Gasteiger partial charge in [0.05, 0.1) is 0 Å². The highest BCUT2D eigenvalue weighted by Gasteiger charge is 2.42. The molecular formula is C12H13BrO. The maximum absolute atomic E-state index is 11.2. The van der Waals surface area contributed by atoms with Crippen LogP contribution in [0.15, 0.2) is 22.7 Å². The van der Waals surface area contributed by atoms with Crippen LogP contribution in [0.2, 0.25) is 0 Å². The molecule has 14 heavy (non-hydrogen) atoms. The molecule has 1 nitrogen and oxygen atoms in total. The van der Waals surface area contributed by atoms with Gasteiger partial charge in [-0.2, -0.15) is 0 Å². The topological polar surface area (TPSA) is 17.1 Å². The quantitative estimate of drug-likeness (QED) is 0.788. The molecule has 2 atom stereocenters. The van der Waals surface area contributed by atoms with Crippen LogP contribution < -0.4 is 0 Å². The van der Waals surface area contributed by atoms with Crippen LogP contribution in [0.1, 0.15) is 30.4 Å². The lowest BCUT2D eigenvalue weighted by molar-refractivity contribution is -0.118. The minimum atomic E-state index is 0.272. The molecule has 0 aromatic heterocycles. The molecule has 0 saturated heterocycles. The van der Waals surface area contributed by atoms with E-state index in [1.54, 1.807) is 6.92 Å². The van der Waals surface area contributed by atoms with Gasteiger partial charge in [-0.15, -0.1) is 0 Å². The highest BCUT2D eigenvalue weighted by molar-refractivity contribution is 9.10. The van der Waals surface area contributed by atoms with Crippen molar-refractivity contribution in [2.24, 2.45) is 5.92 Å². The number of halogens is 1. The molecule has 1 aliphatic carbocycles. The first-order chi connectivity index (χ1) is 6.59. The van der Waals surface area contributed by atoms with E-state index in [-0.39, 0.29) is 5.92 Å². The van der Waals surface area contributed by atoms with E-state index in [4.69, 9.17) is 0 Å². The normalized spacial score (nSPS) is 24.8. The Morgan fingerprint density at radius 3 is 2.71 bits per heavy atom. The van der Waals surface area contributed by atoms with Gasteiger partial charge in [0, 0.05) is 10.4 Å². The molecule has 1 saturated carbocycles. The predicted molar refractivity (Wildman–Crippen MR) is 60.4 cm³/mol. The first-order valence-electron chi connectivity index (χ1n) is 4.86. The third kappa shape index (κ3) is 1.76. The van der Waals surface area contributed by atoms with Crippen molar-refractivity contribution in [3.63, 3.8) is 0 Å². The summed E-state index contributed by atoms with van der Waals surface area (Å²) in [7, 11) is 0. The Morgan fingerprint density at radius 1 is 1.50 bits per heavy atom. The maximum Gasteiger partial charge on any atom is 0.133 e. The Bertz CT molecular complexity index is 384. The van der Waals surface area contributed by atoms with Crippen molar-refractivity contribution in [2.75, 3.05) is 0 Å². The fourth-order valence-corrected chi connectivity index (χ4v) is 2.71. The Hall–Kier alpha value is -0.630. The smallest absolute Gasteiger partial charge is 0.133 e. The van der Waals surface area contributed by atoms with E-state index < -0.39 is 0 Å². The average Bonchev–Trinajstić information content (AvgIpc) is 2.83. The number of aryl methyl sites for hydroxylation is 1. The van der Waals surface area contributed by atoms with Gasteiger partial charge in [0.25, 0.3) is 0 Å². The van der Waals surface area contributed by atoms with Gasteiger partial charge in [0.1, 0.15) is 5.78 Å². The summed E-state index contributed by atoms with van der Waals surface area (Å²) >= 11 is 3.55. The first-order valence-corrected chi connectivity index (χ1v) is 5.65. The summed E-state index contributed by atoms with van der Waals surface area (Å²) in [5.41, 5.74) is 2.54. The largest absolute Gasteiger partial charge is 0.300 e. The summed E-state index contributed by atoms with van der Waals surface area (Å²) in [6.45, 7) is 3.76. The molecule has 0 radical (unpaired) electrons. The van der Waals surface area contributed by atoms with Gasteiger partial charge in [-0.25, -0.2) is 0 Å². The zero-order valence-corrected chi connectivity index (χ0v) is 9.97. The number of carbonyl (C=O) groups excluding carboxylic acids is 1. The van der Waals surface area contributed by atoms with Gasteiger partial charge in [0.2, 0.25) is 0 Å². The van der Waals surface area contributed by atoms with Gasteiger partial charge in [0.15, 0.2) is 0 Å². The second kappa shape index (κ2) is 3.50. The molecule has 2 heteroatoms. The number of carbonyl (C=O) groups is 1. The third-order valence-corrected chi connectivity index (χ3v) is 3.55. The second-order valence-corrected chi connectivity index (χ2v) is 4.94. The van der Waals surface area contributed by atoms with Crippen LogP contribution in [0.5, 0.6) is 0 Å². The fourth-order valence-electron chi connectivity index (χ4n) is 1.92.